The number of aliphatic hydroxyl groups is 7. The van der Waals surface area contributed by atoms with Crippen LogP contribution in [-0.4, -0.2) is 122 Å². The minimum atomic E-state index is -1.81. The van der Waals surface area contributed by atoms with Gasteiger partial charge < -0.3 is 59.6 Å². The summed E-state index contributed by atoms with van der Waals surface area (Å²) in [7, 11) is 0. The zero-order chi connectivity index (χ0) is 37.3. The average molecular weight is 732 g/mol. The highest BCUT2D eigenvalue weighted by atomic mass is 19.1. The van der Waals surface area contributed by atoms with E-state index in [1.165, 1.54) is 65.6 Å². The van der Waals surface area contributed by atoms with E-state index >= 15 is 0 Å². The van der Waals surface area contributed by atoms with Gasteiger partial charge in [0.05, 0.1) is 25.2 Å². The molecule has 280 valence electrons. The highest BCUT2D eigenvalue weighted by Crippen LogP contribution is 2.46. The number of ketones is 1. The molecule has 0 saturated carbocycles. The number of hydrogen-bond acceptors (Lipinski definition) is 13. The maximum absolute atomic E-state index is 13.7. The fourth-order valence-corrected chi connectivity index (χ4v) is 6.70. The third-order valence-corrected chi connectivity index (χ3v) is 9.60. The maximum atomic E-state index is 13.7. The van der Waals surface area contributed by atoms with Gasteiger partial charge in [-0.15, -0.1) is 0 Å². The Kier molecular flexibility index (Phi) is 11.6. The van der Waals surface area contributed by atoms with Gasteiger partial charge in [-0.2, -0.15) is 0 Å². The molecule has 7 N–H and O–H groups in total. The van der Waals surface area contributed by atoms with E-state index in [0.717, 1.165) is 0 Å². The van der Waals surface area contributed by atoms with E-state index in [1.807, 2.05) is 0 Å². The van der Waals surface area contributed by atoms with Crippen LogP contribution in [0, 0.1) is 17.6 Å². The van der Waals surface area contributed by atoms with Crippen LogP contribution < -0.4 is 9.64 Å². The lowest BCUT2D eigenvalue weighted by molar-refractivity contribution is -0.352. The summed E-state index contributed by atoms with van der Waals surface area (Å²) in [6.45, 7) is -1.47. The third-order valence-electron chi connectivity index (χ3n) is 9.60. The minimum Gasteiger partial charge on any atom is -0.462 e. The molecule has 0 bridgehead atoms. The van der Waals surface area contributed by atoms with E-state index < -0.39 is 98.2 Å². The zero-order valence-corrected chi connectivity index (χ0v) is 27.5. The molecule has 52 heavy (non-hydrogen) atoms. The van der Waals surface area contributed by atoms with Gasteiger partial charge in [0.2, 0.25) is 12.2 Å². The van der Waals surface area contributed by atoms with Gasteiger partial charge in [-0.25, -0.2) is 8.78 Å². The minimum absolute atomic E-state index is 0.0172. The number of anilines is 1. The molecule has 0 spiro atoms. The molecular weight excluding hydrogens is 692 g/mol. The Morgan fingerprint density at radius 3 is 1.90 bits per heavy atom. The SMILES string of the molecule is O=C(CC[C@H]1C(=O)N(c2ccc(F)cc2)[C@@H]1c1ccc(O[C@@H]2O[C@H](CO)[C@@H](O[C@@H]3OC(CO)[C@H](O)[C@H](O)[C@H]3O)[C@H](O)[C@H]2O)cc1)c1ccc(F)cc1. The zero-order valence-electron chi connectivity index (χ0n) is 27.5. The fraction of sp³-hybridized carbons (Fsp3) is 0.444. The first-order valence-corrected chi connectivity index (χ1v) is 16.6. The molecule has 14 nitrogen and oxygen atoms in total. The maximum Gasteiger partial charge on any atom is 0.233 e. The Labute approximate surface area is 296 Å². The standard InChI is InChI=1S/C36H39F2NO13/c37-19-5-1-17(2-6-19)24(42)14-13-23-27(39(34(23)48)21-9-7-20(38)8-10-21)18-3-11-22(12-4-18)49-35-32(47)30(45)33(26(16-41)51-35)52-36-31(46)29(44)28(43)25(15-40)50-36/h1-12,23,25-33,35-36,40-41,43-47H,13-16H2/t23-,25?,26-,27-,28+,29+,30-,31-,32-,33-,35-,36+/m1/s1. The number of β-lactam (4-membered cyclic amide) rings is 1. The summed E-state index contributed by atoms with van der Waals surface area (Å²) < 4.78 is 49.5. The lowest BCUT2D eigenvalue weighted by Gasteiger charge is -2.47. The topological polar surface area (TPSA) is 216 Å². The first-order valence-electron chi connectivity index (χ1n) is 16.6. The molecular formula is C36H39F2NO13. The Bertz CT molecular complexity index is 1680. The molecule has 3 saturated heterocycles. The van der Waals surface area contributed by atoms with Crippen molar-refractivity contribution in [3.63, 3.8) is 0 Å². The van der Waals surface area contributed by atoms with Crippen LogP contribution in [0.4, 0.5) is 14.5 Å². The van der Waals surface area contributed by atoms with Gasteiger partial charge in [-0.05, 0) is 72.6 Å². The third kappa shape index (κ3) is 7.58. The van der Waals surface area contributed by atoms with Crippen LogP contribution in [0.1, 0.15) is 34.8 Å². The first kappa shape index (κ1) is 37.8. The summed E-state index contributed by atoms with van der Waals surface area (Å²) in [4.78, 5) is 27.7. The summed E-state index contributed by atoms with van der Waals surface area (Å²) in [5.41, 5.74) is 1.40. The largest absolute Gasteiger partial charge is 0.462 e. The molecule has 3 heterocycles. The number of rotatable bonds is 12. The van der Waals surface area contributed by atoms with Crippen LogP contribution in [0.5, 0.6) is 5.75 Å². The number of benzene rings is 3. The lowest BCUT2D eigenvalue weighted by atomic mass is 9.78. The molecule has 0 aromatic heterocycles. The summed E-state index contributed by atoms with van der Waals surface area (Å²) in [6.07, 6.45) is -15.9. The van der Waals surface area contributed by atoms with Crippen molar-refractivity contribution in [1.29, 1.82) is 0 Å². The Hall–Kier alpha value is -3.94. The van der Waals surface area contributed by atoms with Crippen molar-refractivity contribution >= 4 is 17.4 Å². The molecule has 3 aromatic carbocycles. The van der Waals surface area contributed by atoms with Gasteiger partial charge in [0.15, 0.2) is 12.1 Å². The first-order chi connectivity index (χ1) is 24.9. The van der Waals surface area contributed by atoms with Crippen molar-refractivity contribution in [1.82, 2.24) is 0 Å². The molecule has 0 radical (unpaired) electrons. The number of aliphatic hydroxyl groups excluding tert-OH is 7. The summed E-state index contributed by atoms with van der Waals surface area (Å²) in [5.74, 6) is -1.95. The molecule has 6 rings (SSSR count). The van der Waals surface area contributed by atoms with Gasteiger partial charge in [0.25, 0.3) is 0 Å². The number of amides is 1. The molecule has 3 fully saturated rings. The van der Waals surface area contributed by atoms with Crippen LogP contribution in [-0.2, 0) is 19.0 Å². The van der Waals surface area contributed by atoms with E-state index in [9.17, 15) is 54.1 Å². The molecule has 12 atom stereocenters. The molecule has 0 aliphatic carbocycles. The second-order valence-electron chi connectivity index (χ2n) is 12.9. The number of nitrogens with zero attached hydrogens (tertiary/aromatic N) is 1. The number of ether oxygens (including phenoxy) is 4. The molecule has 16 heteroatoms. The highest BCUT2D eigenvalue weighted by molar-refractivity contribution is 6.04. The van der Waals surface area contributed by atoms with E-state index in [-0.39, 0.29) is 30.3 Å². The van der Waals surface area contributed by atoms with Crippen molar-refractivity contribution < 1.29 is 73.1 Å². The van der Waals surface area contributed by atoms with Gasteiger partial charge in [0.1, 0.15) is 66.2 Å². The monoisotopic (exact) mass is 731 g/mol. The second-order valence-corrected chi connectivity index (χ2v) is 12.9. The van der Waals surface area contributed by atoms with Crippen LogP contribution in [0.2, 0.25) is 0 Å². The van der Waals surface area contributed by atoms with Crippen molar-refractivity contribution in [3.8, 4) is 5.75 Å². The molecule has 3 aromatic rings. The Balaban J connectivity index is 1.14. The molecule has 1 unspecified atom stereocenters. The summed E-state index contributed by atoms with van der Waals surface area (Å²) in [6, 6.07) is 16.3. The van der Waals surface area contributed by atoms with Crippen LogP contribution in [0.3, 0.4) is 0 Å². The van der Waals surface area contributed by atoms with Crippen molar-refractivity contribution in [2.75, 3.05) is 18.1 Å². The Morgan fingerprint density at radius 2 is 1.29 bits per heavy atom. The lowest BCUT2D eigenvalue weighted by Crippen LogP contribution is -2.65. The number of carbonyl (C=O) groups is 2. The van der Waals surface area contributed by atoms with Crippen LogP contribution in [0.25, 0.3) is 0 Å². The molecule has 3 aliphatic heterocycles. The fourth-order valence-electron chi connectivity index (χ4n) is 6.70. The quantitative estimate of drug-likeness (QED) is 0.0990. The van der Waals surface area contributed by atoms with E-state index in [2.05, 4.69) is 0 Å². The molecule has 3 aliphatic rings. The van der Waals surface area contributed by atoms with Crippen molar-refractivity contribution in [3.05, 3.63) is 95.6 Å². The van der Waals surface area contributed by atoms with Crippen LogP contribution in [0.15, 0.2) is 72.8 Å². The number of hydrogen-bond donors (Lipinski definition) is 7. The smallest absolute Gasteiger partial charge is 0.233 e. The normalized spacial score (nSPS) is 33.4. The number of Topliss-reactive ketones (excluding diaryl/α,β-unsaturated/α-hetero) is 1. The highest BCUT2D eigenvalue weighted by Gasteiger charge is 2.52. The summed E-state index contributed by atoms with van der Waals surface area (Å²) >= 11 is 0. The predicted octanol–water partition coefficient (Wildman–Crippen LogP) is 0.335. The molecule has 1 amide bonds. The predicted molar refractivity (Wildman–Crippen MR) is 174 cm³/mol. The van der Waals surface area contributed by atoms with E-state index in [1.54, 1.807) is 12.1 Å². The average Bonchev–Trinajstić information content (AvgIpc) is 3.15. The van der Waals surface area contributed by atoms with Gasteiger partial charge in [0, 0.05) is 17.7 Å². The van der Waals surface area contributed by atoms with E-state index in [4.69, 9.17) is 18.9 Å². The van der Waals surface area contributed by atoms with Crippen LogP contribution >= 0.6 is 0 Å². The van der Waals surface area contributed by atoms with Gasteiger partial charge in [-0.3, -0.25) is 9.59 Å². The number of halogens is 2. The second kappa shape index (κ2) is 16.0. The summed E-state index contributed by atoms with van der Waals surface area (Å²) in [5, 5.41) is 71.8. The van der Waals surface area contributed by atoms with Crippen molar-refractivity contribution in [2.24, 2.45) is 5.92 Å². The van der Waals surface area contributed by atoms with Gasteiger partial charge >= 0.3 is 0 Å². The van der Waals surface area contributed by atoms with Gasteiger partial charge in [-0.1, -0.05) is 12.1 Å². The van der Waals surface area contributed by atoms with E-state index in [0.29, 0.717) is 16.8 Å². The van der Waals surface area contributed by atoms with Crippen molar-refractivity contribution in [2.45, 2.75) is 80.3 Å². The Morgan fingerprint density at radius 1 is 0.712 bits per heavy atom. The number of carbonyl (C=O) groups excluding carboxylic acids is 2.